The zero-order valence-electron chi connectivity index (χ0n) is 16.5. The lowest BCUT2D eigenvalue weighted by Crippen LogP contribution is -2.39. The zero-order chi connectivity index (χ0) is 19.6. The topological polar surface area (TPSA) is 92.1 Å². The monoisotopic (exact) mass is 380 g/mol. The van der Waals surface area contributed by atoms with Crippen LogP contribution in [0.25, 0.3) is 11.0 Å². The number of anilines is 1. The van der Waals surface area contributed by atoms with Crippen LogP contribution in [-0.2, 0) is 13.5 Å². The molecule has 0 saturated heterocycles. The molecule has 3 rings (SSSR count). The molecule has 148 valence electrons. The molecular weight excluding hydrogens is 352 g/mol. The van der Waals surface area contributed by atoms with Crippen molar-refractivity contribution in [2.75, 3.05) is 31.5 Å². The largest absolute Gasteiger partial charge is 0.368 e. The fourth-order valence-electron chi connectivity index (χ4n) is 2.93. The van der Waals surface area contributed by atoms with Gasteiger partial charge in [0.05, 0.1) is 11.6 Å². The quantitative estimate of drug-likeness (QED) is 0.299. The first-order valence-corrected chi connectivity index (χ1v) is 9.70. The summed E-state index contributed by atoms with van der Waals surface area (Å²) in [6.45, 7) is 5.14. The molecule has 8 nitrogen and oxygen atoms in total. The van der Waals surface area contributed by atoms with Crippen LogP contribution >= 0.6 is 0 Å². The van der Waals surface area contributed by atoms with Crippen LogP contribution in [0, 0.1) is 0 Å². The van der Waals surface area contributed by atoms with Gasteiger partial charge in [-0.25, -0.2) is 9.97 Å². The lowest BCUT2D eigenvalue weighted by atomic mass is 10.1. The Morgan fingerprint density at radius 2 is 1.96 bits per heavy atom. The Bertz CT molecular complexity index is 888. The number of aromatic nitrogens is 4. The van der Waals surface area contributed by atoms with Crippen molar-refractivity contribution in [3.63, 3.8) is 0 Å². The maximum Gasteiger partial charge on any atom is 0.191 e. The fourth-order valence-corrected chi connectivity index (χ4v) is 2.93. The number of hydrogen-bond donors (Lipinski definition) is 3. The van der Waals surface area contributed by atoms with Crippen LogP contribution in [0.2, 0.25) is 0 Å². The summed E-state index contributed by atoms with van der Waals surface area (Å²) in [7, 11) is 1.87. The number of benzene rings is 1. The molecule has 0 aliphatic heterocycles. The molecule has 0 radical (unpaired) electrons. The van der Waals surface area contributed by atoms with Gasteiger partial charge >= 0.3 is 0 Å². The second-order valence-corrected chi connectivity index (χ2v) is 6.43. The number of aliphatic imine (C=N–C) groups is 1. The van der Waals surface area contributed by atoms with Crippen LogP contribution in [0.15, 0.2) is 47.8 Å². The highest BCUT2D eigenvalue weighted by atomic mass is 15.3. The van der Waals surface area contributed by atoms with Gasteiger partial charge in [-0.15, -0.1) is 0 Å². The van der Waals surface area contributed by atoms with Crippen LogP contribution in [0.5, 0.6) is 0 Å². The van der Waals surface area contributed by atoms with E-state index in [0.717, 1.165) is 61.8 Å². The van der Waals surface area contributed by atoms with Crippen LogP contribution in [0.1, 0.15) is 18.9 Å². The first kappa shape index (κ1) is 19.6. The van der Waals surface area contributed by atoms with E-state index in [-0.39, 0.29) is 0 Å². The van der Waals surface area contributed by atoms with E-state index in [1.54, 1.807) is 17.2 Å². The highest BCUT2D eigenvalue weighted by Gasteiger charge is 2.07. The Kier molecular flexibility index (Phi) is 7.17. The predicted molar refractivity (Wildman–Crippen MR) is 114 cm³/mol. The third kappa shape index (κ3) is 5.42. The summed E-state index contributed by atoms with van der Waals surface area (Å²) in [4.78, 5) is 13.2. The minimum atomic E-state index is 0.718. The summed E-state index contributed by atoms with van der Waals surface area (Å²) in [5.41, 5.74) is 2.17. The molecule has 0 atom stereocenters. The van der Waals surface area contributed by atoms with Gasteiger partial charge in [-0.1, -0.05) is 30.3 Å². The molecule has 3 aromatic rings. The average molecular weight is 381 g/mol. The maximum absolute atomic E-state index is 4.65. The van der Waals surface area contributed by atoms with Crippen molar-refractivity contribution in [2.45, 2.75) is 19.8 Å². The van der Waals surface area contributed by atoms with Gasteiger partial charge in [0.1, 0.15) is 12.1 Å². The molecule has 0 amide bonds. The van der Waals surface area contributed by atoms with Gasteiger partial charge in [0.2, 0.25) is 0 Å². The Labute approximate surface area is 165 Å². The fraction of sp³-hybridized carbons (Fsp3) is 0.400. The van der Waals surface area contributed by atoms with Gasteiger partial charge < -0.3 is 16.0 Å². The standard InChI is InChI=1S/C20H28N8/c1-3-21-20(23-11-7-10-16-8-5-4-6-9-16)24-13-12-22-18-17-14-27-28(2)19(17)26-15-25-18/h4-6,8-9,14-15H,3,7,10-13H2,1-2H3,(H2,21,23,24)(H,22,25,26). The van der Waals surface area contributed by atoms with Gasteiger partial charge in [-0.05, 0) is 25.3 Å². The van der Waals surface area contributed by atoms with Gasteiger partial charge in [0, 0.05) is 33.2 Å². The molecule has 0 fully saturated rings. The predicted octanol–water partition coefficient (Wildman–Crippen LogP) is 1.96. The van der Waals surface area contributed by atoms with Crippen molar-refractivity contribution in [3.05, 3.63) is 48.4 Å². The van der Waals surface area contributed by atoms with E-state index in [1.807, 2.05) is 13.1 Å². The molecule has 2 aromatic heterocycles. The highest BCUT2D eigenvalue weighted by Crippen LogP contribution is 2.16. The molecule has 0 bridgehead atoms. The first-order chi connectivity index (χ1) is 13.8. The maximum atomic E-state index is 4.65. The summed E-state index contributed by atoms with van der Waals surface area (Å²) >= 11 is 0. The number of guanidine groups is 1. The Morgan fingerprint density at radius 3 is 2.79 bits per heavy atom. The molecule has 0 unspecified atom stereocenters. The molecular formula is C20H28N8. The Balaban J connectivity index is 1.44. The summed E-state index contributed by atoms with van der Waals surface area (Å²) < 4.78 is 1.74. The van der Waals surface area contributed by atoms with Crippen molar-refractivity contribution in [1.29, 1.82) is 0 Å². The minimum absolute atomic E-state index is 0.718. The van der Waals surface area contributed by atoms with Crippen molar-refractivity contribution >= 4 is 22.8 Å². The van der Waals surface area contributed by atoms with Crippen LogP contribution in [0.4, 0.5) is 5.82 Å². The first-order valence-electron chi connectivity index (χ1n) is 9.70. The molecule has 28 heavy (non-hydrogen) atoms. The van der Waals surface area contributed by atoms with Crippen LogP contribution < -0.4 is 16.0 Å². The van der Waals surface area contributed by atoms with E-state index in [4.69, 9.17) is 0 Å². The normalized spacial score (nSPS) is 11.6. The van der Waals surface area contributed by atoms with Gasteiger partial charge in [-0.2, -0.15) is 5.10 Å². The van der Waals surface area contributed by atoms with Gasteiger partial charge in [-0.3, -0.25) is 9.67 Å². The summed E-state index contributed by atoms with van der Waals surface area (Å²) in [6, 6.07) is 10.5. The van der Waals surface area contributed by atoms with E-state index < -0.39 is 0 Å². The van der Waals surface area contributed by atoms with E-state index in [0.29, 0.717) is 0 Å². The lowest BCUT2D eigenvalue weighted by molar-refractivity contribution is 0.784. The molecule has 1 aromatic carbocycles. The summed E-state index contributed by atoms with van der Waals surface area (Å²) in [5.74, 6) is 1.64. The van der Waals surface area contributed by atoms with Crippen LogP contribution in [-0.4, -0.2) is 51.9 Å². The number of nitrogens with one attached hydrogen (secondary N) is 3. The van der Waals surface area contributed by atoms with Crippen molar-refractivity contribution in [2.24, 2.45) is 12.0 Å². The van der Waals surface area contributed by atoms with E-state index in [1.165, 1.54) is 5.56 Å². The van der Waals surface area contributed by atoms with Gasteiger partial charge in [0.25, 0.3) is 0 Å². The van der Waals surface area contributed by atoms with Crippen molar-refractivity contribution in [3.8, 4) is 0 Å². The Hall–Kier alpha value is -3.16. The zero-order valence-corrected chi connectivity index (χ0v) is 16.5. The number of nitrogens with zero attached hydrogens (tertiary/aromatic N) is 5. The highest BCUT2D eigenvalue weighted by molar-refractivity contribution is 5.86. The number of hydrogen-bond acceptors (Lipinski definition) is 5. The average Bonchev–Trinajstić information content (AvgIpc) is 3.11. The second kappa shape index (κ2) is 10.2. The third-order valence-electron chi connectivity index (χ3n) is 4.32. The smallest absolute Gasteiger partial charge is 0.191 e. The second-order valence-electron chi connectivity index (χ2n) is 6.43. The molecule has 0 saturated carbocycles. The van der Waals surface area contributed by atoms with Gasteiger partial charge in [0.15, 0.2) is 11.6 Å². The summed E-state index contributed by atoms with van der Waals surface area (Å²) in [6.07, 6.45) is 5.40. The molecule has 0 aliphatic carbocycles. The number of aryl methyl sites for hydroxylation is 2. The lowest BCUT2D eigenvalue weighted by Gasteiger charge is -2.12. The van der Waals surface area contributed by atoms with Crippen LogP contribution in [0.3, 0.4) is 0 Å². The molecule has 3 N–H and O–H groups in total. The van der Waals surface area contributed by atoms with E-state index in [9.17, 15) is 0 Å². The van der Waals surface area contributed by atoms with Crippen molar-refractivity contribution < 1.29 is 0 Å². The molecule has 2 heterocycles. The van der Waals surface area contributed by atoms with Crippen molar-refractivity contribution in [1.82, 2.24) is 30.4 Å². The SMILES string of the molecule is CCNC(=NCCCc1ccccc1)NCCNc1ncnc2c1cnn2C. The summed E-state index contributed by atoms with van der Waals surface area (Å²) in [5, 5.41) is 15.1. The number of rotatable bonds is 9. The van der Waals surface area contributed by atoms with E-state index >= 15 is 0 Å². The Morgan fingerprint density at radius 1 is 1.11 bits per heavy atom. The minimum Gasteiger partial charge on any atom is -0.368 e. The molecule has 0 aliphatic rings. The number of fused-ring (bicyclic) bond motifs is 1. The molecule has 8 heteroatoms. The molecule has 0 spiro atoms. The van der Waals surface area contributed by atoms with E-state index in [2.05, 4.69) is 67.2 Å². The third-order valence-corrected chi connectivity index (χ3v) is 4.32.